The molecule has 0 aliphatic carbocycles. The Morgan fingerprint density at radius 2 is 2.00 bits per heavy atom. The third-order valence-electron chi connectivity index (χ3n) is 4.79. The molecule has 21 heavy (non-hydrogen) atoms. The van der Waals surface area contributed by atoms with Gasteiger partial charge in [-0.1, -0.05) is 44.5 Å². The second-order valence-electron chi connectivity index (χ2n) is 7.40. The summed E-state index contributed by atoms with van der Waals surface area (Å²) >= 11 is 6.39. The Morgan fingerprint density at radius 1 is 1.24 bits per heavy atom. The highest BCUT2D eigenvalue weighted by Gasteiger charge is 2.27. The van der Waals surface area contributed by atoms with E-state index in [1.165, 1.54) is 37.9 Å². The number of hydrogen-bond donors (Lipinski definition) is 1. The molecular formula is C18H29ClN2. The Morgan fingerprint density at radius 3 is 2.62 bits per heavy atom. The van der Waals surface area contributed by atoms with Crippen molar-refractivity contribution in [2.45, 2.75) is 53.1 Å². The van der Waals surface area contributed by atoms with Gasteiger partial charge in [0.15, 0.2) is 0 Å². The Balaban J connectivity index is 1.98. The van der Waals surface area contributed by atoms with Gasteiger partial charge in [0.05, 0.1) is 0 Å². The topological polar surface area (TPSA) is 29.3 Å². The molecule has 1 aromatic rings. The summed E-state index contributed by atoms with van der Waals surface area (Å²) in [5, 5.41) is 0.856. The lowest BCUT2D eigenvalue weighted by Crippen LogP contribution is -2.26. The van der Waals surface area contributed by atoms with Gasteiger partial charge in [0, 0.05) is 18.1 Å². The van der Waals surface area contributed by atoms with Crippen molar-refractivity contribution in [1.29, 1.82) is 0 Å². The van der Waals surface area contributed by atoms with Crippen molar-refractivity contribution >= 4 is 11.6 Å². The summed E-state index contributed by atoms with van der Waals surface area (Å²) < 4.78 is 0. The molecule has 1 heterocycles. The number of benzene rings is 1. The smallest absolute Gasteiger partial charge is 0.0454 e. The zero-order valence-corrected chi connectivity index (χ0v) is 14.4. The first-order chi connectivity index (χ1) is 9.90. The summed E-state index contributed by atoms with van der Waals surface area (Å²) in [4.78, 5) is 2.55. The van der Waals surface area contributed by atoms with Crippen LogP contribution in [0.4, 0.5) is 0 Å². The van der Waals surface area contributed by atoms with E-state index in [1.807, 2.05) is 6.07 Å². The van der Waals surface area contributed by atoms with E-state index in [9.17, 15) is 0 Å². The number of halogens is 1. The van der Waals surface area contributed by atoms with Crippen molar-refractivity contribution in [3.05, 3.63) is 34.3 Å². The van der Waals surface area contributed by atoms with E-state index in [4.69, 9.17) is 17.3 Å². The van der Waals surface area contributed by atoms with Crippen LogP contribution >= 0.6 is 11.6 Å². The molecule has 2 nitrogen and oxygen atoms in total. The summed E-state index contributed by atoms with van der Waals surface area (Å²) in [5.41, 5.74) is 8.42. The predicted molar refractivity (Wildman–Crippen MR) is 91.4 cm³/mol. The fraction of sp³-hybridized carbons (Fsp3) is 0.667. The lowest BCUT2D eigenvalue weighted by atomic mass is 9.77. The molecule has 2 N–H and O–H groups in total. The minimum atomic E-state index is 0.427. The van der Waals surface area contributed by atoms with Gasteiger partial charge in [-0.05, 0) is 60.9 Å². The molecule has 1 atom stereocenters. The molecule has 0 aromatic heterocycles. The van der Waals surface area contributed by atoms with Crippen molar-refractivity contribution < 1.29 is 0 Å². The van der Waals surface area contributed by atoms with E-state index in [1.54, 1.807) is 0 Å². The summed E-state index contributed by atoms with van der Waals surface area (Å²) in [6, 6.07) is 6.24. The quantitative estimate of drug-likeness (QED) is 0.894. The molecule has 1 fully saturated rings. The van der Waals surface area contributed by atoms with Crippen molar-refractivity contribution in [1.82, 2.24) is 4.90 Å². The first-order valence-corrected chi connectivity index (χ1v) is 8.47. The van der Waals surface area contributed by atoms with Crippen LogP contribution in [0.15, 0.2) is 18.2 Å². The molecule has 1 aliphatic heterocycles. The molecule has 0 spiro atoms. The van der Waals surface area contributed by atoms with Gasteiger partial charge < -0.3 is 5.73 Å². The molecular weight excluding hydrogens is 280 g/mol. The van der Waals surface area contributed by atoms with E-state index in [0.717, 1.165) is 23.0 Å². The molecule has 1 aromatic carbocycles. The van der Waals surface area contributed by atoms with Gasteiger partial charge >= 0.3 is 0 Å². The van der Waals surface area contributed by atoms with Crippen LogP contribution in [0.3, 0.4) is 0 Å². The Bertz CT molecular complexity index is 465. The van der Waals surface area contributed by atoms with Crippen LogP contribution in [0.2, 0.25) is 5.02 Å². The minimum absolute atomic E-state index is 0.427. The van der Waals surface area contributed by atoms with Gasteiger partial charge in [0.1, 0.15) is 0 Å². The summed E-state index contributed by atoms with van der Waals surface area (Å²) in [7, 11) is 0. The third kappa shape index (κ3) is 4.70. The van der Waals surface area contributed by atoms with E-state index >= 15 is 0 Å². The number of nitrogens with zero attached hydrogens (tertiary/aromatic N) is 1. The summed E-state index contributed by atoms with van der Waals surface area (Å²) in [5.74, 6) is 0.831. The van der Waals surface area contributed by atoms with E-state index in [0.29, 0.717) is 12.0 Å². The van der Waals surface area contributed by atoms with Crippen molar-refractivity contribution in [3.8, 4) is 0 Å². The first kappa shape index (κ1) is 16.8. The maximum Gasteiger partial charge on any atom is 0.0454 e. The van der Waals surface area contributed by atoms with Crippen LogP contribution in [-0.2, 0) is 13.1 Å². The standard InChI is InChI=1S/C18H29ClN2/c1-18(2,3)16-5-4-9-21(10-8-16)13-15-7-6-14(12-20)11-17(15)19/h6-7,11,16H,4-5,8-10,12-13,20H2,1-3H3. The van der Waals surface area contributed by atoms with E-state index in [-0.39, 0.29) is 0 Å². The molecule has 0 bridgehead atoms. The van der Waals surface area contributed by atoms with Crippen molar-refractivity contribution in [2.24, 2.45) is 17.1 Å². The highest BCUT2D eigenvalue weighted by atomic mass is 35.5. The SMILES string of the molecule is CC(C)(C)C1CCCN(Cc2ccc(CN)cc2Cl)CC1. The zero-order chi connectivity index (χ0) is 15.5. The Hall–Kier alpha value is -0.570. The molecule has 3 heteroatoms. The number of nitrogens with two attached hydrogens (primary N) is 1. The molecule has 0 amide bonds. The molecule has 0 saturated carbocycles. The number of likely N-dealkylation sites (tertiary alicyclic amines) is 1. The molecule has 0 radical (unpaired) electrons. The normalized spacial score (nSPS) is 21.3. The number of hydrogen-bond acceptors (Lipinski definition) is 2. The van der Waals surface area contributed by atoms with Crippen LogP contribution in [-0.4, -0.2) is 18.0 Å². The molecule has 2 rings (SSSR count). The molecule has 118 valence electrons. The zero-order valence-electron chi connectivity index (χ0n) is 13.7. The maximum absolute atomic E-state index is 6.39. The Labute approximate surface area is 134 Å². The predicted octanol–water partition coefficient (Wildman–Crippen LogP) is 4.45. The van der Waals surface area contributed by atoms with E-state index in [2.05, 4.69) is 37.8 Å². The number of rotatable bonds is 3. The second kappa shape index (κ2) is 7.13. The van der Waals surface area contributed by atoms with Crippen LogP contribution in [0.1, 0.15) is 51.2 Å². The maximum atomic E-state index is 6.39. The highest BCUT2D eigenvalue weighted by Crippen LogP contribution is 2.34. The molecule has 1 aliphatic rings. The van der Waals surface area contributed by atoms with Crippen LogP contribution < -0.4 is 5.73 Å². The molecule has 1 unspecified atom stereocenters. The second-order valence-corrected chi connectivity index (χ2v) is 7.81. The third-order valence-corrected chi connectivity index (χ3v) is 5.14. The van der Waals surface area contributed by atoms with Gasteiger partial charge in [0.2, 0.25) is 0 Å². The lowest BCUT2D eigenvalue weighted by Gasteiger charge is -2.29. The van der Waals surface area contributed by atoms with Gasteiger partial charge in [-0.3, -0.25) is 4.90 Å². The fourth-order valence-corrected chi connectivity index (χ4v) is 3.53. The van der Waals surface area contributed by atoms with Gasteiger partial charge in [-0.2, -0.15) is 0 Å². The first-order valence-electron chi connectivity index (χ1n) is 8.10. The minimum Gasteiger partial charge on any atom is -0.326 e. The fourth-order valence-electron chi connectivity index (χ4n) is 3.27. The average molecular weight is 309 g/mol. The lowest BCUT2D eigenvalue weighted by molar-refractivity contribution is 0.206. The van der Waals surface area contributed by atoms with Crippen molar-refractivity contribution in [3.63, 3.8) is 0 Å². The summed E-state index contributed by atoms with van der Waals surface area (Å²) in [6.45, 7) is 11.0. The largest absolute Gasteiger partial charge is 0.326 e. The van der Waals surface area contributed by atoms with Crippen molar-refractivity contribution in [2.75, 3.05) is 13.1 Å². The monoisotopic (exact) mass is 308 g/mol. The van der Waals surface area contributed by atoms with Gasteiger partial charge in [0.25, 0.3) is 0 Å². The molecule has 1 saturated heterocycles. The van der Waals surface area contributed by atoms with Crippen LogP contribution in [0.25, 0.3) is 0 Å². The van der Waals surface area contributed by atoms with E-state index < -0.39 is 0 Å². The van der Waals surface area contributed by atoms with Crippen LogP contribution in [0.5, 0.6) is 0 Å². The van der Waals surface area contributed by atoms with Crippen LogP contribution in [0, 0.1) is 11.3 Å². The highest BCUT2D eigenvalue weighted by molar-refractivity contribution is 6.31. The van der Waals surface area contributed by atoms with Gasteiger partial charge in [-0.25, -0.2) is 0 Å². The Kier molecular flexibility index (Phi) is 5.70. The average Bonchev–Trinajstić information content (AvgIpc) is 2.66. The van der Waals surface area contributed by atoms with Gasteiger partial charge in [-0.15, -0.1) is 0 Å². The summed E-state index contributed by atoms with van der Waals surface area (Å²) in [6.07, 6.45) is 3.93.